The van der Waals surface area contributed by atoms with Gasteiger partial charge in [0, 0.05) is 4.88 Å². The van der Waals surface area contributed by atoms with Crippen LogP contribution in [0.15, 0.2) is 41.8 Å². The fourth-order valence-corrected chi connectivity index (χ4v) is 4.03. The van der Waals surface area contributed by atoms with E-state index in [0.29, 0.717) is 5.92 Å². The zero-order chi connectivity index (χ0) is 12.4. The van der Waals surface area contributed by atoms with Gasteiger partial charge in [-0.1, -0.05) is 30.3 Å². The van der Waals surface area contributed by atoms with Crippen LogP contribution in [0.5, 0.6) is 0 Å². The summed E-state index contributed by atoms with van der Waals surface area (Å²) in [5.74, 6) is 0.628. The summed E-state index contributed by atoms with van der Waals surface area (Å²) in [6.45, 7) is 0. The Labute approximate surface area is 118 Å². The average Bonchev–Trinajstić information content (AvgIpc) is 2.91. The van der Waals surface area contributed by atoms with E-state index in [9.17, 15) is 0 Å². The van der Waals surface area contributed by atoms with E-state index in [0.717, 1.165) is 0 Å². The normalized spacial score (nSPS) is 22.7. The maximum atomic E-state index is 6.66. The molecule has 0 amide bonds. The van der Waals surface area contributed by atoms with Gasteiger partial charge in [-0.15, -0.1) is 22.9 Å². The third-order valence-corrected chi connectivity index (χ3v) is 5.42. The van der Waals surface area contributed by atoms with Crippen molar-refractivity contribution in [1.29, 1.82) is 0 Å². The first-order valence-electron chi connectivity index (χ1n) is 6.59. The number of rotatable bonds is 3. The molecule has 3 rings (SSSR count). The highest BCUT2D eigenvalue weighted by molar-refractivity contribution is 7.09. The van der Waals surface area contributed by atoms with Crippen LogP contribution in [0, 0.1) is 5.92 Å². The second-order valence-electron chi connectivity index (χ2n) is 5.02. The van der Waals surface area contributed by atoms with Gasteiger partial charge in [-0.25, -0.2) is 0 Å². The third-order valence-electron chi connectivity index (χ3n) is 3.89. The molecular formula is C16H17ClS. The molecule has 18 heavy (non-hydrogen) atoms. The number of hydrogen-bond donors (Lipinski definition) is 0. The Balaban J connectivity index is 1.69. The number of alkyl halides is 1. The maximum Gasteiger partial charge on any atom is 0.0616 e. The first-order chi connectivity index (χ1) is 8.84. The minimum atomic E-state index is 0.204. The summed E-state index contributed by atoms with van der Waals surface area (Å²) in [5.41, 5.74) is 2.81. The van der Waals surface area contributed by atoms with Crippen LogP contribution in [-0.2, 0) is 12.8 Å². The molecule has 0 radical (unpaired) electrons. The molecule has 0 saturated heterocycles. The van der Waals surface area contributed by atoms with Crippen LogP contribution in [0.1, 0.15) is 34.2 Å². The molecule has 0 bridgehead atoms. The van der Waals surface area contributed by atoms with Crippen molar-refractivity contribution in [2.45, 2.75) is 31.1 Å². The molecule has 1 aromatic heterocycles. The van der Waals surface area contributed by atoms with Crippen molar-refractivity contribution < 1.29 is 0 Å². The van der Waals surface area contributed by atoms with E-state index in [2.05, 4.69) is 41.8 Å². The summed E-state index contributed by atoms with van der Waals surface area (Å²) in [5, 5.41) is 2.36. The second-order valence-corrected chi connectivity index (χ2v) is 6.52. The van der Waals surface area contributed by atoms with E-state index < -0.39 is 0 Å². The Bertz CT molecular complexity index is 504. The van der Waals surface area contributed by atoms with Gasteiger partial charge in [-0.05, 0) is 54.2 Å². The van der Waals surface area contributed by atoms with Crippen molar-refractivity contribution >= 4 is 22.9 Å². The first-order valence-corrected chi connectivity index (χ1v) is 7.90. The van der Waals surface area contributed by atoms with Gasteiger partial charge < -0.3 is 0 Å². The first kappa shape index (κ1) is 12.3. The Morgan fingerprint density at radius 2 is 2.06 bits per heavy atom. The standard InChI is InChI=1S/C16H17ClS/c17-16-13(9-10-14-5-3-11-18-14)8-7-12-4-1-2-6-15(12)16/h1-6,11,13,16H,7-10H2. The summed E-state index contributed by atoms with van der Waals surface area (Å²) in [7, 11) is 0. The van der Waals surface area contributed by atoms with Gasteiger partial charge in [-0.2, -0.15) is 0 Å². The monoisotopic (exact) mass is 276 g/mol. The quantitative estimate of drug-likeness (QED) is 0.674. The molecule has 0 aliphatic heterocycles. The lowest BCUT2D eigenvalue weighted by Crippen LogP contribution is -2.17. The lowest BCUT2D eigenvalue weighted by atomic mass is 9.81. The summed E-state index contributed by atoms with van der Waals surface area (Å²) in [6.07, 6.45) is 4.81. The van der Waals surface area contributed by atoms with Gasteiger partial charge in [0.25, 0.3) is 0 Å². The van der Waals surface area contributed by atoms with Gasteiger partial charge in [-0.3, -0.25) is 0 Å². The Morgan fingerprint density at radius 1 is 1.17 bits per heavy atom. The molecular weight excluding hydrogens is 260 g/mol. The molecule has 0 nitrogen and oxygen atoms in total. The van der Waals surface area contributed by atoms with Crippen LogP contribution >= 0.6 is 22.9 Å². The van der Waals surface area contributed by atoms with Gasteiger partial charge in [0.05, 0.1) is 5.38 Å². The van der Waals surface area contributed by atoms with Gasteiger partial charge >= 0.3 is 0 Å². The van der Waals surface area contributed by atoms with Crippen molar-refractivity contribution in [3.8, 4) is 0 Å². The molecule has 1 aromatic carbocycles. The van der Waals surface area contributed by atoms with Crippen LogP contribution in [0.2, 0.25) is 0 Å². The van der Waals surface area contributed by atoms with E-state index in [4.69, 9.17) is 11.6 Å². The molecule has 1 heterocycles. The molecule has 2 heteroatoms. The van der Waals surface area contributed by atoms with Crippen LogP contribution in [-0.4, -0.2) is 0 Å². The summed E-state index contributed by atoms with van der Waals surface area (Å²) >= 11 is 8.51. The zero-order valence-corrected chi connectivity index (χ0v) is 11.9. The zero-order valence-electron chi connectivity index (χ0n) is 10.3. The predicted molar refractivity (Wildman–Crippen MR) is 79.5 cm³/mol. The average molecular weight is 277 g/mol. The maximum absolute atomic E-state index is 6.66. The van der Waals surface area contributed by atoms with Crippen molar-refractivity contribution in [2.75, 3.05) is 0 Å². The molecule has 0 N–H and O–H groups in total. The molecule has 2 unspecified atom stereocenters. The van der Waals surface area contributed by atoms with Crippen molar-refractivity contribution in [1.82, 2.24) is 0 Å². The Morgan fingerprint density at radius 3 is 2.89 bits per heavy atom. The minimum absolute atomic E-state index is 0.204. The highest BCUT2D eigenvalue weighted by Gasteiger charge is 2.27. The van der Waals surface area contributed by atoms with E-state index in [-0.39, 0.29) is 5.38 Å². The van der Waals surface area contributed by atoms with Gasteiger partial charge in [0.1, 0.15) is 0 Å². The number of halogens is 1. The van der Waals surface area contributed by atoms with Gasteiger partial charge in [0.15, 0.2) is 0 Å². The topological polar surface area (TPSA) is 0 Å². The van der Waals surface area contributed by atoms with Crippen molar-refractivity contribution in [2.24, 2.45) is 5.92 Å². The summed E-state index contributed by atoms with van der Waals surface area (Å²) in [6, 6.07) is 13.0. The fraction of sp³-hybridized carbons (Fsp3) is 0.375. The van der Waals surface area contributed by atoms with E-state index in [1.807, 2.05) is 11.3 Å². The smallest absolute Gasteiger partial charge is 0.0616 e. The Hall–Kier alpha value is -0.790. The van der Waals surface area contributed by atoms with E-state index in [1.165, 1.54) is 41.7 Å². The molecule has 2 atom stereocenters. The highest BCUT2D eigenvalue weighted by Crippen LogP contribution is 2.41. The molecule has 1 aliphatic carbocycles. The SMILES string of the molecule is ClC1c2ccccc2CCC1CCc1cccs1. The van der Waals surface area contributed by atoms with Crippen LogP contribution < -0.4 is 0 Å². The molecule has 94 valence electrons. The number of thiophene rings is 1. The van der Waals surface area contributed by atoms with Crippen LogP contribution in [0.3, 0.4) is 0 Å². The lowest BCUT2D eigenvalue weighted by molar-refractivity contribution is 0.416. The molecule has 0 fully saturated rings. The highest BCUT2D eigenvalue weighted by atomic mass is 35.5. The van der Waals surface area contributed by atoms with Crippen LogP contribution in [0.25, 0.3) is 0 Å². The fourth-order valence-electron chi connectivity index (χ4n) is 2.85. The summed E-state index contributed by atoms with van der Waals surface area (Å²) < 4.78 is 0. The predicted octanol–water partition coefficient (Wildman–Crippen LogP) is 5.22. The third kappa shape index (κ3) is 2.48. The molecule has 0 saturated carbocycles. The van der Waals surface area contributed by atoms with E-state index >= 15 is 0 Å². The lowest BCUT2D eigenvalue weighted by Gasteiger charge is -2.29. The number of hydrogen-bond acceptors (Lipinski definition) is 1. The molecule has 1 aliphatic rings. The Kier molecular flexibility index (Phi) is 3.72. The number of fused-ring (bicyclic) bond motifs is 1. The molecule has 2 aromatic rings. The number of benzene rings is 1. The van der Waals surface area contributed by atoms with Crippen LogP contribution in [0.4, 0.5) is 0 Å². The summed E-state index contributed by atoms with van der Waals surface area (Å²) in [4.78, 5) is 1.48. The van der Waals surface area contributed by atoms with E-state index in [1.54, 1.807) is 0 Å². The largest absolute Gasteiger partial charge is 0.149 e. The second kappa shape index (κ2) is 5.46. The van der Waals surface area contributed by atoms with Gasteiger partial charge in [0.2, 0.25) is 0 Å². The van der Waals surface area contributed by atoms with Crippen molar-refractivity contribution in [3.05, 3.63) is 57.8 Å². The molecule has 0 spiro atoms. The van der Waals surface area contributed by atoms with Crippen molar-refractivity contribution in [3.63, 3.8) is 0 Å². The number of aryl methyl sites for hydroxylation is 2. The minimum Gasteiger partial charge on any atom is -0.149 e.